The lowest BCUT2D eigenvalue weighted by atomic mass is 10.1. The Bertz CT molecular complexity index is 688. The number of halogens is 1. The first kappa shape index (κ1) is 15.0. The van der Waals surface area contributed by atoms with Gasteiger partial charge in [0.2, 0.25) is 0 Å². The van der Waals surface area contributed by atoms with Crippen LogP contribution in [0.15, 0.2) is 39.9 Å². The molecule has 0 saturated carbocycles. The lowest BCUT2D eigenvalue weighted by Crippen LogP contribution is -2.35. The van der Waals surface area contributed by atoms with Crippen LogP contribution in [-0.4, -0.2) is 9.55 Å². The third-order valence-corrected chi connectivity index (χ3v) is 3.21. The molecule has 0 aliphatic heterocycles. The third kappa shape index (κ3) is 3.59. The molecule has 2 aromatic rings. The molecule has 6 heteroatoms. The molecule has 21 heavy (non-hydrogen) atoms. The second-order valence-electron chi connectivity index (χ2n) is 4.90. The van der Waals surface area contributed by atoms with E-state index in [1.165, 1.54) is 18.2 Å². The fourth-order valence-corrected chi connectivity index (χ4v) is 2.10. The number of nitrogens with one attached hydrogen (secondary N) is 2. The second kappa shape index (κ2) is 6.39. The highest BCUT2D eigenvalue weighted by Gasteiger charge is 2.08. The highest BCUT2D eigenvalue weighted by Crippen LogP contribution is 2.16. The zero-order valence-corrected chi connectivity index (χ0v) is 12.0. The lowest BCUT2D eigenvalue weighted by Gasteiger charge is -2.15. The molecule has 1 unspecified atom stereocenters. The predicted octanol–water partition coefficient (Wildman–Crippen LogP) is 2.26. The van der Waals surface area contributed by atoms with Crippen LogP contribution in [0, 0.1) is 5.82 Å². The quantitative estimate of drug-likeness (QED) is 0.888. The van der Waals surface area contributed by atoms with E-state index in [2.05, 4.69) is 10.3 Å². The summed E-state index contributed by atoms with van der Waals surface area (Å²) >= 11 is 0. The summed E-state index contributed by atoms with van der Waals surface area (Å²) < 4.78 is 14.0. The molecular weight excluding hydrogens is 273 g/mol. The van der Waals surface area contributed by atoms with E-state index in [-0.39, 0.29) is 17.4 Å². The number of anilines is 1. The minimum Gasteiger partial charge on any atom is -0.365 e. The normalized spacial score (nSPS) is 12.1. The fraction of sp³-hybridized carbons (Fsp3) is 0.333. The Morgan fingerprint density at radius 3 is 2.52 bits per heavy atom. The van der Waals surface area contributed by atoms with Gasteiger partial charge in [-0.25, -0.2) is 9.18 Å². The van der Waals surface area contributed by atoms with Crippen LogP contribution in [0.1, 0.15) is 31.9 Å². The summed E-state index contributed by atoms with van der Waals surface area (Å²) in [5.41, 5.74) is 0.0857. The smallest absolute Gasteiger partial charge is 0.329 e. The van der Waals surface area contributed by atoms with Gasteiger partial charge in [-0.3, -0.25) is 14.3 Å². The van der Waals surface area contributed by atoms with Crippen LogP contribution >= 0.6 is 0 Å². The van der Waals surface area contributed by atoms with Crippen LogP contribution in [0.4, 0.5) is 10.2 Å². The van der Waals surface area contributed by atoms with E-state index in [0.717, 1.165) is 10.1 Å². The highest BCUT2D eigenvalue weighted by atomic mass is 19.1. The second-order valence-corrected chi connectivity index (χ2v) is 4.90. The van der Waals surface area contributed by atoms with E-state index in [1.54, 1.807) is 12.1 Å². The van der Waals surface area contributed by atoms with Crippen LogP contribution in [0.2, 0.25) is 0 Å². The molecule has 0 amide bonds. The van der Waals surface area contributed by atoms with Gasteiger partial charge in [-0.1, -0.05) is 19.1 Å². The van der Waals surface area contributed by atoms with Gasteiger partial charge in [0.25, 0.3) is 5.56 Å². The van der Waals surface area contributed by atoms with E-state index in [0.29, 0.717) is 18.8 Å². The third-order valence-electron chi connectivity index (χ3n) is 3.21. The van der Waals surface area contributed by atoms with E-state index < -0.39 is 5.69 Å². The molecule has 0 spiro atoms. The summed E-state index contributed by atoms with van der Waals surface area (Å²) in [7, 11) is 0. The maximum Gasteiger partial charge on any atom is 0.329 e. The Morgan fingerprint density at radius 1 is 1.29 bits per heavy atom. The Kier molecular flexibility index (Phi) is 4.57. The van der Waals surface area contributed by atoms with Crippen LogP contribution in [0.5, 0.6) is 0 Å². The Balaban J connectivity index is 2.22. The van der Waals surface area contributed by atoms with Crippen molar-refractivity contribution in [1.29, 1.82) is 0 Å². The summed E-state index contributed by atoms with van der Waals surface area (Å²) in [6, 6.07) is 7.25. The number of rotatable bonds is 5. The summed E-state index contributed by atoms with van der Waals surface area (Å²) in [4.78, 5) is 26.3. The van der Waals surface area contributed by atoms with Crippen molar-refractivity contribution >= 4 is 5.82 Å². The number of hydrogen-bond donors (Lipinski definition) is 2. The van der Waals surface area contributed by atoms with Crippen molar-refractivity contribution in [2.24, 2.45) is 0 Å². The van der Waals surface area contributed by atoms with Crippen molar-refractivity contribution in [2.45, 2.75) is 32.9 Å². The number of H-pyrrole nitrogens is 1. The molecule has 1 heterocycles. The molecule has 1 aromatic heterocycles. The molecule has 1 aromatic carbocycles. The largest absolute Gasteiger partial charge is 0.365 e. The molecule has 0 fully saturated rings. The fourth-order valence-electron chi connectivity index (χ4n) is 2.10. The Morgan fingerprint density at radius 2 is 1.95 bits per heavy atom. The number of hydrogen-bond acceptors (Lipinski definition) is 3. The first-order valence-electron chi connectivity index (χ1n) is 6.87. The molecule has 0 aliphatic rings. The van der Waals surface area contributed by atoms with Crippen molar-refractivity contribution in [3.05, 3.63) is 62.6 Å². The number of benzene rings is 1. The van der Waals surface area contributed by atoms with Gasteiger partial charge < -0.3 is 5.32 Å². The molecule has 0 aliphatic carbocycles. The van der Waals surface area contributed by atoms with Crippen molar-refractivity contribution in [3.8, 4) is 0 Å². The maximum atomic E-state index is 12.9. The van der Waals surface area contributed by atoms with Crippen molar-refractivity contribution in [3.63, 3.8) is 0 Å². The van der Waals surface area contributed by atoms with E-state index in [9.17, 15) is 14.0 Å². The van der Waals surface area contributed by atoms with Crippen LogP contribution in [0.3, 0.4) is 0 Å². The predicted molar refractivity (Wildman–Crippen MR) is 80.1 cm³/mol. The van der Waals surface area contributed by atoms with Crippen LogP contribution in [0.25, 0.3) is 0 Å². The molecule has 0 saturated heterocycles. The number of nitrogens with zero attached hydrogens (tertiary/aromatic N) is 1. The Labute approximate surface area is 121 Å². The van der Waals surface area contributed by atoms with Crippen LogP contribution < -0.4 is 16.6 Å². The molecule has 5 nitrogen and oxygen atoms in total. The standard InChI is InChI=1S/C15H18FN3O2/c1-3-8-19-14(20)9-13(18-15(19)21)17-10(2)11-4-6-12(16)7-5-11/h4-7,9-10,17H,3,8H2,1-2H3,(H,18,21). The lowest BCUT2D eigenvalue weighted by molar-refractivity contribution is 0.615. The van der Waals surface area contributed by atoms with Gasteiger partial charge in [0.1, 0.15) is 11.6 Å². The van der Waals surface area contributed by atoms with Gasteiger partial charge in [-0.05, 0) is 31.0 Å². The van der Waals surface area contributed by atoms with E-state index in [4.69, 9.17) is 0 Å². The zero-order chi connectivity index (χ0) is 15.4. The summed E-state index contributed by atoms with van der Waals surface area (Å²) in [5.74, 6) is 0.0516. The minimum atomic E-state index is -0.432. The van der Waals surface area contributed by atoms with Gasteiger partial charge in [-0.15, -0.1) is 0 Å². The van der Waals surface area contributed by atoms with Gasteiger partial charge in [0, 0.05) is 18.7 Å². The molecular formula is C15H18FN3O2. The van der Waals surface area contributed by atoms with Gasteiger partial charge in [0.05, 0.1) is 0 Å². The molecule has 2 rings (SSSR count). The maximum absolute atomic E-state index is 12.9. The first-order valence-corrected chi connectivity index (χ1v) is 6.87. The van der Waals surface area contributed by atoms with E-state index >= 15 is 0 Å². The summed E-state index contributed by atoms with van der Waals surface area (Å²) in [5, 5.41) is 3.04. The average Bonchev–Trinajstić information content (AvgIpc) is 2.43. The van der Waals surface area contributed by atoms with E-state index in [1.807, 2.05) is 13.8 Å². The molecule has 2 N–H and O–H groups in total. The summed E-state index contributed by atoms with van der Waals surface area (Å²) in [6.07, 6.45) is 0.710. The van der Waals surface area contributed by atoms with Gasteiger partial charge in [-0.2, -0.15) is 0 Å². The van der Waals surface area contributed by atoms with Crippen molar-refractivity contribution < 1.29 is 4.39 Å². The zero-order valence-electron chi connectivity index (χ0n) is 12.0. The number of aromatic nitrogens is 2. The SMILES string of the molecule is CCCn1c(=O)cc(NC(C)c2ccc(F)cc2)[nH]c1=O. The van der Waals surface area contributed by atoms with Crippen LogP contribution in [-0.2, 0) is 6.54 Å². The van der Waals surface area contributed by atoms with Crippen molar-refractivity contribution in [1.82, 2.24) is 9.55 Å². The number of aromatic amines is 1. The van der Waals surface area contributed by atoms with Gasteiger partial charge >= 0.3 is 5.69 Å². The molecule has 0 radical (unpaired) electrons. The first-order chi connectivity index (χ1) is 10.0. The molecule has 112 valence electrons. The highest BCUT2D eigenvalue weighted by molar-refractivity contribution is 5.36. The minimum absolute atomic E-state index is 0.164. The van der Waals surface area contributed by atoms with Crippen molar-refractivity contribution in [2.75, 3.05) is 5.32 Å². The topological polar surface area (TPSA) is 66.9 Å². The Hall–Kier alpha value is -2.37. The summed E-state index contributed by atoms with van der Waals surface area (Å²) in [6.45, 7) is 4.15. The molecule has 1 atom stereocenters. The molecule has 0 bridgehead atoms. The monoisotopic (exact) mass is 291 g/mol. The average molecular weight is 291 g/mol. The van der Waals surface area contributed by atoms with Gasteiger partial charge in [0.15, 0.2) is 0 Å².